The lowest BCUT2D eigenvalue weighted by Crippen LogP contribution is -2.68. The van der Waals surface area contributed by atoms with E-state index in [2.05, 4.69) is 5.32 Å². The molecule has 0 heterocycles. The summed E-state index contributed by atoms with van der Waals surface area (Å²) in [6, 6.07) is 4.02. The third kappa shape index (κ3) is 3.29. The van der Waals surface area contributed by atoms with Gasteiger partial charge < -0.3 is 20.9 Å². The Kier molecular flexibility index (Phi) is 4.25. The molecule has 1 atom stereocenters. The lowest BCUT2D eigenvalue weighted by atomic mass is 9.60. The van der Waals surface area contributed by atoms with E-state index in [1.165, 1.54) is 12.1 Å². The van der Waals surface area contributed by atoms with Crippen LogP contribution in [-0.4, -0.2) is 34.8 Å². The number of amides is 1. The van der Waals surface area contributed by atoms with E-state index < -0.39 is 23.0 Å². The number of benzene rings is 1. The minimum atomic E-state index is -0.600. The molecule has 3 aliphatic rings. The second-order valence-electron chi connectivity index (χ2n) is 6.65. The number of halogens is 2. The summed E-state index contributed by atoms with van der Waals surface area (Å²) in [5.74, 6) is -0.642. The lowest BCUT2D eigenvalue weighted by Gasteiger charge is -2.54. The zero-order valence-corrected chi connectivity index (χ0v) is 13.4. The third-order valence-corrected chi connectivity index (χ3v) is 5.36. The van der Waals surface area contributed by atoms with E-state index in [0.29, 0.717) is 19.3 Å². The molecule has 7 heteroatoms. The van der Waals surface area contributed by atoms with Crippen molar-refractivity contribution in [3.05, 3.63) is 29.0 Å². The Bertz CT molecular complexity index is 617. The molecule has 2 bridgehead atoms. The Morgan fingerprint density at radius 3 is 2.74 bits per heavy atom. The zero-order valence-electron chi connectivity index (χ0n) is 12.6. The van der Waals surface area contributed by atoms with Crippen molar-refractivity contribution in [2.24, 2.45) is 5.73 Å². The fourth-order valence-corrected chi connectivity index (χ4v) is 3.65. The van der Waals surface area contributed by atoms with Crippen LogP contribution in [0.15, 0.2) is 18.2 Å². The Labute approximate surface area is 138 Å². The Morgan fingerprint density at radius 1 is 1.43 bits per heavy atom. The molecular formula is C16H20ClFN2O3. The second-order valence-corrected chi connectivity index (χ2v) is 7.05. The number of nitrogens with two attached hydrogens (primary N) is 1. The van der Waals surface area contributed by atoms with Crippen molar-refractivity contribution in [2.45, 2.75) is 49.3 Å². The topological polar surface area (TPSA) is 84.6 Å². The molecule has 3 fully saturated rings. The first-order chi connectivity index (χ1) is 10.8. The van der Waals surface area contributed by atoms with Gasteiger partial charge in [0.25, 0.3) is 5.91 Å². The van der Waals surface area contributed by atoms with Gasteiger partial charge in [-0.25, -0.2) is 4.39 Å². The molecule has 0 radical (unpaired) electrons. The number of carbonyl (C=O) groups excluding carboxylic acids is 1. The highest BCUT2D eigenvalue weighted by Crippen LogP contribution is 2.45. The average molecular weight is 343 g/mol. The van der Waals surface area contributed by atoms with Crippen LogP contribution in [0.3, 0.4) is 0 Å². The predicted octanol–water partition coefficient (Wildman–Crippen LogP) is 1.75. The number of aliphatic hydroxyl groups is 1. The highest BCUT2D eigenvalue weighted by molar-refractivity contribution is 6.30. The van der Waals surface area contributed by atoms with Crippen LogP contribution in [0.1, 0.15) is 32.1 Å². The Hall–Kier alpha value is -1.37. The Morgan fingerprint density at radius 2 is 2.13 bits per heavy atom. The van der Waals surface area contributed by atoms with E-state index in [-0.39, 0.29) is 23.3 Å². The van der Waals surface area contributed by atoms with Gasteiger partial charge in [-0.2, -0.15) is 0 Å². The van der Waals surface area contributed by atoms with Gasteiger partial charge >= 0.3 is 0 Å². The number of carbonyl (C=O) groups is 1. The molecule has 4 rings (SSSR count). The summed E-state index contributed by atoms with van der Waals surface area (Å²) in [6.07, 6.45) is 2.75. The van der Waals surface area contributed by atoms with Crippen LogP contribution in [-0.2, 0) is 4.79 Å². The van der Waals surface area contributed by atoms with E-state index >= 15 is 0 Å². The monoisotopic (exact) mass is 342 g/mol. The number of fused-ring (bicyclic) bond motifs is 3. The van der Waals surface area contributed by atoms with Gasteiger partial charge in [0.1, 0.15) is 11.6 Å². The first-order valence-electron chi connectivity index (χ1n) is 7.68. The van der Waals surface area contributed by atoms with E-state index in [4.69, 9.17) is 22.1 Å². The number of hydrogen-bond acceptors (Lipinski definition) is 4. The van der Waals surface area contributed by atoms with Crippen molar-refractivity contribution in [3.63, 3.8) is 0 Å². The summed E-state index contributed by atoms with van der Waals surface area (Å²) >= 11 is 5.59. The normalized spacial score (nSPS) is 32.6. The maximum absolute atomic E-state index is 13.3. The minimum absolute atomic E-state index is 0.00403. The number of aliphatic hydroxyl groups excluding tert-OH is 1. The van der Waals surface area contributed by atoms with Crippen LogP contribution in [0.5, 0.6) is 5.75 Å². The molecule has 4 N–H and O–H groups in total. The molecule has 0 aliphatic heterocycles. The van der Waals surface area contributed by atoms with Gasteiger partial charge in [-0.1, -0.05) is 11.6 Å². The zero-order chi connectivity index (χ0) is 16.7. The molecule has 23 heavy (non-hydrogen) atoms. The highest BCUT2D eigenvalue weighted by atomic mass is 35.5. The van der Waals surface area contributed by atoms with Gasteiger partial charge in [-0.3, -0.25) is 4.79 Å². The summed E-state index contributed by atoms with van der Waals surface area (Å²) in [6.45, 7) is -0.216. The molecule has 5 nitrogen and oxygen atoms in total. The van der Waals surface area contributed by atoms with Gasteiger partial charge in [0.05, 0.1) is 11.1 Å². The average Bonchev–Trinajstić information content (AvgIpc) is 2.51. The Balaban J connectivity index is 1.56. The molecule has 3 aliphatic carbocycles. The fourth-order valence-electron chi connectivity index (χ4n) is 3.53. The predicted molar refractivity (Wildman–Crippen MR) is 83.8 cm³/mol. The summed E-state index contributed by atoms with van der Waals surface area (Å²) in [5, 5.41) is 13.1. The molecule has 0 saturated heterocycles. The van der Waals surface area contributed by atoms with Gasteiger partial charge in [0.15, 0.2) is 6.61 Å². The fraction of sp³-hybridized carbons (Fsp3) is 0.562. The van der Waals surface area contributed by atoms with Gasteiger partial charge in [-0.05, 0) is 44.2 Å². The maximum atomic E-state index is 13.3. The van der Waals surface area contributed by atoms with Crippen LogP contribution < -0.4 is 15.8 Å². The van der Waals surface area contributed by atoms with Gasteiger partial charge in [0.2, 0.25) is 0 Å². The molecular weight excluding hydrogens is 323 g/mol. The first kappa shape index (κ1) is 16.5. The lowest BCUT2D eigenvalue weighted by molar-refractivity contribution is -0.128. The number of ether oxygens (including phenoxy) is 1. The summed E-state index contributed by atoms with van der Waals surface area (Å²) < 4.78 is 18.6. The van der Waals surface area contributed by atoms with Crippen LogP contribution in [0.2, 0.25) is 5.02 Å². The van der Waals surface area contributed by atoms with Crippen LogP contribution >= 0.6 is 11.6 Å². The molecule has 126 valence electrons. The SMILES string of the molecule is NC12CCC(NC(=O)COc3ccc(Cl)c(F)c3)(CC1)CC2O. The van der Waals surface area contributed by atoms with Crippen molar-refractivity contribution in [1.82, 2.24) is 5.32 Å². The number of hydrogen-bond donors (Lipinski definition) is 3. The van der Waals surface area contributed by atoms with Crippen molar-refractivity contribution in [2.75, 3.05) is 6.61 Å². The maximum Gasteiger partial charge on any atom is 0.258 e. The van der Waals surface area contributed by atoms with Crippen molar-refractivity contribution in [1.29, 1.82) is 0 Å². The molecule has 1 aromatic rings. The van der Waals surface area contributed by atoms with E-state index in [9.17, 15) is 14.3 Å². The van der Waals surface area contributed by atoms with Gasteiger partial charge in [0, 0.05) is 17.1 Å². The summed E-state index contributed by atoms with van der Waals surface area (Å²) in [5.41, 5.74) is 5.24. The van der Waals surface area contributed by atoms with Crippen molar-refractivity contribution in [3.8, 4) is 5.75 Å². The van der Waals surface area contributed by atoms with Crippen molar-refractivity contribution >= 4 is 17.5 Å². The first-order valence-corrected chi connectivity index (χ1v) is 8.06. The molecule has 1 unspecified atom stereocenters. The summed E-state index contributed by atoms with van der Waals surface area (Å²) in [7, 11) is 0. The summed E-state index contributed by atoms with van der Waals surface area (Å²) in [4.78, 5) is 12.1. The molecule has 1 aromatic carbocycles. The van der Waals surface area contributed by atoms with Crippen LogP contribution in [0.25, 0.3) is 0 Å². The molecule has 0 spiro atoms. The van der Waals surface area contributed by atoms with E-state index in [0.717, 1.165) is 18.9 Å². The van der Waals surface area contributed by atoms with Crippen molar-refractivity contribution < 1.29 is 19.0 Å². The quantitative estimate of drug-likeness (QED) is 0.778. The molecule has 3 saturated carbocycles. The molecule has 1 amide bonds. The van der Waals surface area contributed by atoms with E-state index in [1.807, 2.05) is 0 Å². The highest BCUT2D eigenvalue weighted by Gasteiger charge is 2.52. The molecule has 0 aromatic heterocycles. The largest absolute Gasteiger partial charge is 0.484 e. The van der Waals surface area contributed by atoms with Gasteiger partial charge in [-0.15, -0.1) is 0 Å². The van der Waals surface area contributed by atoms with Crippen LogP contribution in [0.4, 0.5) is 4.39 Å². The smallest absolute Gasteiger partial charge is 0.258 e. The second kappa shape index (κ2) is 5.92. The van der Waals surface area contributed by atoms with E-state index in [1.54, 1.807) is 0 Å². The van der Waals surface area contributed by atoms with Crippen LogP contribution in [0, 0.1) is 5.82 Å². The minimum Gasteiger partial charge on any atom is -0.484 e. The number of rotatable bonds is 4. The standard InChI is InChI=1S/C16H20ClFN2O3/c17-11-2-1-10(7-12(11)18)23-9-14(22)20-15-3-5-16(19,6-4-15)13(21)8-15/h1-2,7,13,21H,3-6,8-9,19H2,(H,20,22). The third-order valence-electron chi connectivity index (χ3n) is 5.05. The number of nitrogens with one attached hydrogen (secondary N) is 1.